The van der Waals surface area contributed by atoms with Gasteiger partial charge in [-0.05, 0) is 54.7 Å². The molecule has 0 fully saturated rings. The molecule has 0 saturated heterocycles. The number of hydrogen-bond acceptors (Lipinski definition) is 2. The zero-order valence-electron chi connectivity index (χ0n) is 10.2. The van der Waals surface area contributed by atoms with Crippen molar-refractivity contribution in [2.45, 2.75) is 25.7 Å². The van der Waals surface area contributed by atoms with E-state index in [0.717, 1.165) is 22.2 Å². The van der Waals surface area contributed by atoms with E-state index in [0.29, 0.717) is 5.56 Å². The lowest BCUT2D eigenvalue weighted by Gasteiger charge is -2.02. The third kappa shape index (κ3) is 2.65. The van der Waals surface area contributed by atoms with Crippen LogP contribution in [0.4, 0.5) is 4.39 Å². The van der Waals surface area contributed by atoms with Crippen LogP contribution in [0.5, 0.6) is 0 Å². The minimum atomic E-state index is -0.319. The summed E-state index contributed by atoms with van der Waals surface area (Å²) in [6.45, 7) is 0. The van der Waals surface area contributed by atoms with E-state index in [9.17, 15) is 9.18 Å². The Morgan fingerprint density at radius 1 is 1.32 bits per heavy atom. The molecule has 0 unspecified atom stereocenters. The highest BCUT2D eigenvalue weighted by molar-refractivity contribution is 9.10. The van der Waals surface area contributed by atoms with Crippen LogP contribution in [0.1, 0.15) is 32.1 Å². The summed E-state index contributed by atoms with van der Waals surface area (Å²) in [6.07, 6.45) is 3.48. The molecule has 0 saturated carbocycles. The van der Waals surface area contributed by atoms with Crippen molar-refractivity contribution < 1.29 is 9.18 Å². The summed E-state index contributed by atoms with van der Waals surface area (Å²) in [5.74, 6) is -0.308. The second kappa shape index (κ2) is 5.17. The molecule has 1 aliphatic carbocycles. The number of carbonyl (C=O) groups is 1. The van der Waals surface area contributed by atoms with Gasteiger partial charge in [-0.3, -0.25) is 4.79 Å². The molecule has 0 aliphatic heterocycles. The van der Waals surface area contributed by atoms with Gasteiger partial charge in [0, 0.05) is 15.8 Å². The highest BCUT2D eigenvalue weighted by Gasteiger charge is 2.19. The number of rotatable bonds is 3. The molecule has 1 aliphatic rings. The molecule has 0 N–H and O–H groups in total. The van der Waals surface area contributed by atoms with E-state index in [1.54, 1.807) is 23.5 Å². The van der Waals surface area contributed by atoms with Crippen LogP contribution in [0.25, 0.3) is 0 Å². The predicted octanol–water partition coefficient (Wildman–Crippen LogP) is 4.56. The molecule has 98 valence electrons. The van der Waals surface area contributed by atoms with Gasteiger partial charge in [0.25, 0.3) is 0 Å². The molecule has 0 radical (unpaired) electrons. The Morgan fingerprint density at radius 2 is 2.16 bits per heavy atom. The Hall–Kier alpha value is -1.00. The van der Waals surface area contributed by atoms with Gasteiger partial charge in [0.1, 0.15) is 5.82 Å². The Bertz CT molecular complexity index is 626. The lowest BCUT2D eigenvalue weighted by Crippen LogP contribution is -2.03. The van der Waals surface area contributed by atoms with Crippen LogP contribution in [0.2, 0.25) is 0 Å². The number of thiophene rings is 1. The third-order valence-corrected chi connectivity index (χ3v) is 5.15. The standard InChI is InChI=1S/C15H12BrFOS/c16-11-4-5-12(17)10(6-11)7-13(18)15-8-9-2-1-3-14(9)19-15/h4-6,8H,1-3,7H2. The van der Waals surface area contributed by atoms with Gasteiger partial charge in [-0.1, -0.05) is 15.9 Å². The lowest BCUT2D eigenvalue weighted by molar-refractivity contribution is 0.0995. The molecule has 19 heavy (non-hydrogen) atoms. The van der Waals surface area contributed by atoms with E-state index in [1.807, 2.05) is 6.07 Å². The van der Waals surface area contributed by atoms with Crippen LogP contribution in [-0.4, -0.2) is 5.78 Å². The van der Waals surface area contributed by atoms with Crippen LogP contribution in [0, 0.1) is 5.82 Å². The second-order valence-electron chi connectivity index (χ2n) is 4.75. The van der Waals surface area contributed by atoms with Crippen LogP contribution in [0.15, 0.2) is 28.7 Å². The average molecular weight is 339 g/mol. The smallest absolute Gasteiger partial charge is 0.177 e. The summed E-state index contributed by atoms with van der Waals surface area (Å²) in [5, 5.41) is 0. The van der Waals surface area contributed by atoms with Gasteiger partial charge in [0.2, 0.25) is 0 Å². The zero-order valence-corrected chi connectivity index (χ0v) is 12.6. The fraction of sp³-hybridized carbons (Fsp3) is 0.267. The molecule has 1 aromatic carbocycles. The van der Waals surface area contributed by atoms with Crippen LogP contribution < -0.4 is 0 Å². The van der Waals surface area contributed by atoms with Crippen molar-refractivity contribution in [3.63, 3.8) is 0 Å². The fourth-order valence-electron chi connectivity index (χ4n) is 2.41. The largest absolute Gasteiger partial charge is 0.293 e. The maximum atomic E-state index is 13.6. The van der Waals surface area contributed by atoms with Gasteiger partial charge in [0.15, 0.2) is 5.78 Å². The quantitative estimate of drug-likeness (QED) is 0.749. The minimum Gasteiger partial charge on any atom is -0.293 e. The summed E-state index contributed by atoms with van der Waals surface area (Å²) >= 11 is 4.88. The van der Waals surface area contributed by atoms with Crippen molar-refractivity contribution >= 4 is 33.0 Å². The van der Waals surface area contributed by atoms with Crippen molar-refractivity contribution in [2.75, 3.05) is 0 Å². The van der Waals surface area contributed by atoms with Crippen molar-refractivity contribution in [1.82, 2.24) is 0 Å². The summed E-state index contributed by atoms with van der Waals surface area (Å²) in [6, 6.07) is 6.70. The summed E-state index contributed by atoms with van der Waals surface area (Å²) in [4.78, 5) is 14.3. The van der Waals surface area contributed by atoms with Crippen LogP contribution in [-0.2, 0) is 19.3 Å². The number of halogens is 2. The summed E-state index contributed by atoms with van der Waals surface area (Å²) in [7, 11) is 0. The van der Waals surface area contributed by atoms with Gasteiger partial charge >= 0.3 is 0 Å². The van der Waals surface area contributed by atoms with Crippen molar-refractivity contribution in [3.05, 3.63) is 55.4 Å². The number of aryl methyl sites for hydroxylation is 2. The van der Waals surface area contributed by atoms with E-state index in [-0.39, 0.29) is 18.0 Å². The molecule has 2 aromatic rings. The minimum absolute atomic E-state index is 0.0106. The Balaban J connectivity index is 1.82. The predicted molar refractivity (Wildman–Crippen MR) is 78.5 cm³/mol. The number of benzene rings is 1. The molecular formula is C15H12BrFOS. The molecule has 4 heteroatoms. The number of Topliss-reactive ketones (excluding diaryl/α,β-unsaturated/α-hetero) is 1. The second-order valence-corrected chi connectivity index (χ2v) is 6.80. The van der Waals surface area contributed by atoms with Crippen LogP contribution in [0.3, 0.4) is 0 Å². The number of ketones is 1. The molecule has 1 aromatic heterocycles. The molecule has 0 bridgehead atoms. The molecule has 1 heterocycles. The number of fused-ring (bicyclic) bond motifs is 1. The van der Waals surface area contributed by atoms with Gasteiger partial charge in [0.05, 0.1) is 4.88 Å². The normalized spacial score (nSPS) is 13.6. The molecule has 0 amide bonds. The Labute approximate surface area is 123 Å². The average Bonchev–Trinajstić information content (AvgIpc) is 2.94. The van der Waals surface area contributed by atoms with Gasteiger partial charge in [-0.2, -0.15) is 0 Å². The molecule has 0 spiro atoms. The first kappa shape index (κ1) is 13.0. The molecule has 3 rings (SSSR count). The maximum absolute atomic E-state index is 13.6. The summed E-state index contributed by atoms with van der Waals surface area (Å²) in [5.41, 5.74) is 1.76. The topological polar surface area (TPSA) is 17.1 Å². The zero-order chi connectivity index (χ0) is 13.4. The number of carbonyl (C=O) groups excluding carboxylic acids is 1. The first-order chi connectivity index (χ1) is 9.13. The first-order valence-electron chi connectivity index (χ1n) is 6.22. The van der Waals surface area contributed by atoms with Crippen molar-refractivity contribution in [2.24, 2.45) is 0 Å². The van der Waals surface area contributed by atoms with Gasteiger partial charge < -0.3 is 0 Å². The molecule has 1 nitrogen and oxygen atoms in total. The maximum Gasteiger partial charge on any atom is 0.177 e. The molecular weight excluding hydrogens is 327 g/mol. The van der Waals surface area contributed by atoms with Gasteiger partial charge in [-0.15, -0.1) is 11.3 Å². The summed E-state index contributed by atoms with van der Waals surface area (Å²) < 4.78 is 14.4. The highest BCUT2D eigenvalue weighted by Crippen LogP contribution is 2.31. The third-order valence-electron chi connectivity index (χ3n) is 3.38. The monoisotopic (exact) mass is 338 g/mol. The lowest BCUT2D eigenvalue weighted by atomic mass is 10.1. The van der Waals surface area contributed by atoms with Crippen molar-refractivity contribution in [1.29, 1.82) is 0 Å². The van der Waals surface area contributed by atoms with Crippen LogP contribution >= 0.6 is 27.3 Å². The van der Waals surface area contributed by atoms with E-state index < -0.39 is 0 Å². The Kier molecular flexibility index (Phi) is 3.54. The van der Waals surface area contributed by atoms with Gasteiger partial charge in [-0.25, -0.2) is 4.39 Å². The van der Waals surface area contributed by atoms with Crippen molar-refractivity contribution in [3.8, 4) is 0 Å². The molecule has 0 atom stereocenters. The van der Waals surface area contributed by atoms with E-state index in [4.69, 9.17) is 0 Å². The highest BCUT2D eigenvalue weighted by atomic mass is 79.9. The van der Waals surface area contributed by atoms with E-state index in [1.165, 1.54) is 22.9 Å². The number of hydrogen-bond donors (Lipinski definition) is 0. The SMILES string of the molecule is O=C(Cc1cc(Br)ccc1F)c1cc2c(s1)CCC2. The van der Waals surface area contributed by atoms with E-state index >= 15 is 0 Å². The first-order valence-corrected chi connectivity index (χ1v) is 7.83. The fourth-order valence-corrected chi connectivity index (χ4v) is 4.00. The van der Waals surface area contributed by atoms with E-state index in [2.05, 4.69) is 15.9 Å². The Morgan fingerprint density at radius 3 is 2.95 bits per heavy atom.